The smallest absolute Gasteiger partial charge is 0.253 e. The summed E-state index contributed by atoms with van der Waals surface area (Å²) < 4.78 is 29.8. The maximum absolute atomic E-state index is 12.8. The predicted molar refractivity (Wildman–Crippen MR) is 102 cm³/mol. The Morgan fingerprint density at radius 2 is 2.26 bits per heavy atom. The summed E-state index contributed by atoms with van der Waals surface area (Å²) in [6.07, 6.45) is 4.10. The number of nitrogens with zero attached hydrogens (tertiary/aromatic N) is 4. The zero-order valence-electron chi connectivity index (χ0n) is 15.0. The number of likely N-dealkylation sites (tertiary alicyclic amines) is 1. The SMILES string of the molecule is C[C@H](Cn1cncn1)NS(=O)(=O)[C@@H]1CCCN(C(=O)c2cccc(Cl)c2)C1. The van der Waals surface area contributed by atoms with Crippen LogP contribution in [0.4, 0.5) is 0 Å². The van der Waals surface area contributed by atoms with Gasteiger partial charge in [-0.15, -0.1) is 0 Å². The normalized spacial score (nSPS) is 19.0. The van der Waals surface area contributed by atoms with Gasteiger partial charge < -0.3 is 4.90 Å². The molecule has 1 fully saturated rings. The van der Waals surface area contributed by atoms with E-state index in [1.807, 2.05) is 0 Å². The van der Waals surface area contributed by atoms with Crippen LogP contribution in [-0.4, -0.2) is 58.4 Å². The molecule has 2 heterocycles. The highest BCUT2D eigenvalue weighted by atomic mass is 35.5. The summed E-state index contributed by atoms with van der Waals surface area (Å²) >= 11 is 5.96. The van der Waals surface area contributed by atoms with Crippen molar-refractivity contribution in [2.24, 2.45) is 0 Å². The van der Waals surface area contributed by atoms with E-state index in [0.717, 1.165) is 0 Å². The third-order valence-corrected chi connectivity index (χ3v) is 6.70. The molecule has 1 aliphatic heterocycles. The van der Waals surface area contributed by atoms with E-state index in [-0.39, 0.29) is 18.5 Å². The Morgan fingerprint density at radius 3 is 2.96 bits per heavy atom. The fourth-order valence-electron chi connectivity index (χ4n) is 3.20. The number of halogens is 1. The van der Waals surface area contributed by atoms with Gasteiger partial charge in [-0.1, -0.05) is 17.7 Å². The van der Waals surface area contributed by atoms with Crippen molar-refractivity contribution in [1.82, 2.24) is 24.4 Å². The Bertz CT molecular complexity index is 888. The maximum atomic E-state index is 12.8. The van der Waals surface area contributed by atoms with Crippen molar-refractivity contribution in [2.45, 2.75) is 37.6 Å². The Labute approximate surface area is 163 Å². The first kappa shape index (κ1) is 19.8. The van der Waals surface area contributed by atoms with Gasteiger partial charge in [0.2, 0.25) is 10.0 Å². The third-order valence-electron chi connectivity index (χ3n) is 4.47. The number of hydrogen-bond acceptors (Lipinski definition) is 5. The number of carbonyl (C=O) groups is 1. The van der Waals surface area contributed by atoms with Gasteiger partial charge in [-0.25, -0.2) is 18.1 Å². The van der Waals surface area contributed by atoms with Crippen molar-refractivity contribution in [3.63, 3.8) is 0 Å². The van der Waals surface area contributed by atoms with Gasteiger partial charge >= 0.3 is 0 Å². The van der Waals surface area contributed by atoms with Crippen LogP contribution in [0.15, 0.2) is 36.9 Å². The molecule has 0 saturated carbocycles. The van der Waals surface area contributed by atoms with Gasteiger partial charge in [-0.3, -0.25) is 9.48 Å². The largest absolute Gasteiger partial charge is 0.337 e. The quantitative estimate of drug-likeness (QED) is 0.777. The first-order valence-corrected chi connectivity index (χ1v) is 10.7. The molecule has 2 atom stereocenters. The molecule has 0 unspecified atom stereocenters. The van der Waals surface area contributed by atoms with Crippen LogP contribution in [0.1, 0.15) is 30.1 Å². The lowest BCUT2D eigenvalue weighted by molar-refractivity contribution is 0.0726. The lowest BCUT2D eigenvalue weighted by atomic mass is 10.1. The van der Waals surface area contributed by atoms with Crippen LogP contribution < -0.4 is 4.72 Å². The Balaban J connectivity index is 1.64. The Hall–Kier alpha value is -1.97. The molecule has 0 bridgehead atoms. The fraction of sp³-hybridized carbons (Fsp3) is 0.471. The van der Waals surface area contributed by atoms with Crippen LogP contribution in [0.2, 0.25) is 5.02 Å². The molecule has 0 aliphatic carbocycles. The monoisotopic (exact) mass is 411 g/mol. The lowest BCUT2D eigenvalue weighted by Crippen LogP contribution is -2.50. The highest BCUT2D eigenvalue weighted by Gasteiger charge is 2.33. The topological polar surface area (TPSA) is 97.2 Å². The molecule has 1 aromatic carbocycles. The van der Waals surface area contributed by atoms with Gasteiger partial charge in [0.05, 0.1) is 11.8 Å². The summed E-state index contributed by atoms with van der Waals surface area (Å²) in [5, 5.41) is 3.81. The van der Waals surface area contributed by atoms with E-state index in [4.69, 9.17) is 11.6 Å². The molecule has 1 aromatic heterocycles. The molecule has 0 spiro atoms. The highest BCUT2D eigenvalue weighted by Crippen LogP contribution is 2.20. The molecule has 8 nitrogen and oxygen atoms in total. The van der Waals surface area contributed by atoms with E-state index in [2.05, 4.69) is 14.8 Å². The number of benzene rings is 1. The van der Waals surface area contributed by atoms with Crippen molar-refractivity contribution in [3.05, 3.63) is 47.5 Å². The summed E-state index contributed by atoms with van der Waals surface area (Å²) in [7, 11) is -3.57. The van der Waals surface area contributed by atoms with Crippen LogP contribution in [0, 0.1) is 0 Å². The average Bonchev–Trinajstić information content (AvgIpc) is 3.13. The van der Waals surface area contributed by atoms with Gasteiger partial charge in [0.15, 0.2) is 0 Å². The third kappa shape index (κ3) is 5.06. The zero-order chi connectivity index (χ0) is 19.4. The molecule has 1 amide bonds. The van der Waals surface area contributed by atoms with E-state index in [0.29, 0.717) is 36.5 Å². The zero-order valence-corrected chi connectivity index (χ0v) is 16.5. The van der Waals surface area contributed by atoms with Crippen LogP contribution in [-0.2, 0) is 16.6 Å². The van der Waals surface area contributed by atoms with Crippen LogP contribution in [0.25, 0.3) is 0 Å². The molecular formula is C17H22ClN5O3S. The minimum Gasteiger partial charge on any atom is -0.337 e. The predicted octanol–water partition coefficient (Wildman–Crippen LogP) is 1.54. The van der Waals surface area contributed by atoms with Gasteiger partial charge in [0.1, 0.15) is 12.7 Å². The second-order valence-electron chi connectivity index (χ2n) is 6.71. The van der Waals surface area contributed by atoms with E-state index >= 15 is 0 Å². The average molecular weight is 412 g/mol. The first-order valence-electron chi connectivity index (χ1n) is 8.73. The van der Waals surface area contributed by atoms with Gasteiger partial charge in [-0.2, -0.15) is 5.10 Å². The lowest BCUT2D eigenvalue weighted by Gasteiger charge is -2.33. The number of sulfonamides is 1. The molecule has 10 heteroatoms. The Kier molecular flexibility index (Phi) is 6.13. The van der Waals surface area contributed by atoms with Crippen molar-refractivity contribution in [1.29, 1.82) is 0 Å². The van der Waals surface area contributed by atoms with E-state index in [9.17, 15) is 13.2 Å². The van der Waals surface area contributed by atoms with E-state index < -0.39 is 15.3 Å². The van der Waals surface area contributed by atoms with Gasteiger partial charge in [0, 0.05) is 29.7 Å². The second-order valence-corrected chi connectivity index (χ2v) is 9.14. The van der Waals surface area contributed by atoms with Crippen molar-refractivity contribution >= 4 is 27.5 Å². The summed E-state index contributed by atoms with van der Waals surface area (Å²) in [6, 6.07) is 6.35. The summed E-state index contributed by atoms with van der Waals surface area (Å²) in [5.41, 5.74) is 0.466. The highest BCUT2D eigenvalue weighted by molar-refractivity contribution is 7.90. The number of amides is 1. The van der Waals surface area contributed by atoms with Gasteiger partial charge in [-0.05, 0) is 38.0 Å². The molecule has 1 N–H and O–H groups in total. The fourth-order valence-corrected chi connectivity index (χ4v) is 5.07. The maximum Gasteiger partial charge on any atom is 0.253 e. The van der Waals surface area contributed by atoms with Crippen molar-refractivity contribution < 1.29 is 13.2 Å². The molecule has 146 valence electrons. The van der Waals surface area contributed by atoms with Crippen LogP contribution in [0.3, 0.4) is 0 Å². The molecule has 3 rings (SSSR count). The standard InChI is InChI=1S/C17H22ClN5O3S/c1-13(9-23-12-19-11-20-23)21-27(25,26)16-6-3-7-22(10-16)17(24)14-4-2-5-15(18)8-14/h2,4-5,8,11-13,16,21H,3,6-7,9-10H2,1H3/t13-,16-/m1/s1. The van der Waals surface area contributed by atoms with Crippen molar-refractivity contribution in [2.75, 3.05) is 13.1 Å². The minimum atomic E-state index is -3.57. The number of piperidine rings is 1. The Morgan fingerprint density at radius 1 is 1.44 bits per heavy atom. The van der Waals surface area contributed by atoms with E-state index in [1.165, 1.54) is 12.7 Å². The van der Waals surface area contributed by atoms with Crippen molar-refractivity contribution in [3.8, 4) is 0 Å². The molecule has 0 radical (unpaired) electrons. The summed E-state index contributed by atoms with van der Waals surface area (Å²) in [5.74, 6) is -0.201. The number of rotatable bonds is 6. The summed E-state index contributed by atoms with van der Waals surface area (Å²) in [6.45, 7) is 2.86. The summed E-state index contributed by atoms with van der Waals surface area (Å²) in [4.78, 5) is 18.1. The number of hydrogen-bond donors (Lipinski definition) is 1. The number of nitrogens with one attached hydrogen (secondary N) is 1. The van der Waals surface area contributed by atoms with Crippen LogP contribution >= 0.6 is 11.6 Å². The minimum absolute atomic E-state index is 0.163. The molecule has 27 heavy (non-hydrogen) atoms. The first-order chi connectivity index (χ1) is 12.8. The molecule has 1 aliphatic rings. The number of aromatic nitrogens is 3. The molecule has 1 saturated heterocycles. The molecule has 2 aromatic rings. The van der Waals surface area contributed by atoms with Crippen LogP contribution in [0.5, 0.6) is 0 Å². The number of carbonyl (C=O) groups excluding carboxylic acids is 1. The van der Waals surface area contributed by atoms with E-state index in [1.54, 1.807) is 40.8 Å². The second kappa shape index (κ2) is 8.37. The van der Waals surface area contributed by atoms with Gasteiger partial charge in [0.25, 0.3) is 5.91 Å². The molecular weight excluding hydrogens is 390 g/mol.